The van der Waals surface area contributed by atoms with E-state index in [9.17, 15) is 4.79 Å². The highest BCUT2D eigenvalue weighted by molar-refractivity contribution is 6.30. The summed E-state index contributed by atoms with van der Waals surface area (Å²) >= 11 is 6.10. The van der Waals surface area contributed by atoms with Gasteiger partial charge in [0.1, 0.15) is 5.82 Å². The summed E-state index contributed by atoms with van der Waals surface area (Å²) in [6.45, 7) is 0. The molecule has 1 aliphatic heterocycles. The van der Waals surface area contributed by atoms with Gasteiger partial charge in [-0.2, -0.15) is 0 Å². The van der Waals surface area contributed by atoms with Crippen molar-refractivity contribution >= 4 is 53.8 Å². The lowest BCUT2D eigenvalue weighted by Gasteiger charge is -2.29. The third-order valence-electron chi connectivity index (χ3n) is 5.82. The minimum absolute atomic E-state index is 0. The molecule has 4 nitrogen and oxygen atoms in total. The maximum absolute atomic E-state index is 14.2. The fourth-order valence-electron chi connectivity index (χ4n) is 4.40. The number of fused-ring (bicyclic) bond motifs is 1. The van der Waals surface area contributed by atoms with Crippen LogP contribution in [0.3, 0.4) is 0 Å². The van der Waals surface area contributed by atoms with Crippen LogP contribution in [-0.2, 0) is 23.1 Å². The molecule has 2 aromatic heterocycles. The van der Waals surface area contributed by atoms with Crippen molar-refractivity contribution in [3.63, 3.8) is 0 Å². The Morgan fingerprint density at radius 2 is 1.39 bits per heavy atom. The molecule has 2 aromatic carbocycles. The Kier molecular flexibility index (Phi) is 7.75. The summed E-state index contributed by atoms with van der Waals surface area (Å²) in [5.74, 6) is 0.698. The molecule has 4 aromatic rings. The average molecular weight is 499 g/mol. The molecule has 0 saturated carbocycles. The molecule has 0 bridgehead atoms. The number of anilines is 2. The number of carbonyl (C=O) groups excluding carboxylic acids is 1. The fourth-order valence-corrected chi connectivity index (χ4v) is 4.53. The van der Waals surface area contributed by atoms with E-state index in [0.717, 1.165) is 22.4 Å². The molecule has 168 valence electrons. The summed E-state index contributed by atoms with van der Waals surface area (Å²) in [5, 5.41) is 0.629. The van der Waals surface area contributed by atoms with Gasteiger partial charge in [0, 0.05) is 29.2 Å². The van der Waals surface area contributed by atoms with Crippen molar-refractivity contribution < 1.29 is 4.79 Å². The third-order valence-corrected chi connectivity index (χ3v) is 6.07. The molecule has 5 rings (SSSR count). The zero-order valence-corrected chi connectivity index (χ0v) is 20.0. The molecular formula is C26H22Cl3N3O. The molecule has 1 unspecified atom stereocenters. The van der Waals surface area contributed by atoms with Gasteiger partial charge in [0.2, 0.25) is 5.91 Å². The number of aromatic nitrogens is 2. The van der Waals surface area contributed by atoms with Gasteiger partial charge < -0.3 is 0 Å². The molecule has 1 aliphatic rings. The standard InChI is InChI=1S/C26H20ClN3O.2ClH/c27-21-8-10-22(11-9-21)30-24-23(7-4-14-29-24)26(25(30)31,17-19-5-2-1-3-6-19)18-20-12-15-28-16-13-20;;/h1-16H,17-18H2;2*1H. The van der Waals surface area contributed by atoms with Gasteiger partial charge in [0.05, 0.1) is 11.1 Å². The van der Waals surface area contributed by atoms with Crippen LogP contribution in [0.15, 0.2) is 97.5 Å². The lowest BCUT2D eigenvalue weighted by molar-refractivity contribution is -0.122. The number of pyridine rings is 2. The van der Waals surface area contributed by atoms with Crippen LogP contribution in [0.25, 0.3) is 0 Å². The summed E-state index contributed by atoms with van der Waals surface area (Å²) < 4.78 is 0. The Labute approximate surface area is 210 Å². The SMILES string of the molecule is Cl.Cl.O=C1N(c2ccc(Cl)cc2)c2ncccc2C1(Cc1ccccc1)Cc1ccncc1. The number of nitrogens with zero attached hydrogens (tertiary/aromatic N) is 3. The van der Waals surface area contributed by atoms with Crippen LogP contribution in [-0.4, -0.2) is 15.9 Å². The first kappa shape index (κ1) is 24.7. The minimum atomic E-state index is -0.772. The van der Waals surface area contributed by atoms with Crippen molar-refractivity contribution in [2.24, 2.45) is 0 Å². The van der Waals surface area contributed by atoms with Gasteiger partial charge in [-0.05, 0) is 66.4 Å². The highest BCUT2D eigenvalue weighted by Crippen LogP contribution is 2.48. The molecular weight excluding hydrogens is 477 g/mol. The molecule has 33 heavy (non-hydrogen) atoms. The Morgan fingerprint density at radius 1 is 0.758 bits per heavy atom. The zero-order valence-electron chi connectivity index (χ0n) is 17.6. The van der Waals surface area contributed by atoms with Crippen LogP contribution in [0.2, 0.25) is 5.02 Å². The lowest BCUT2D eigenvalue weighted by Crippen LogP contribution is -2.42. The average Bonchev–Trinajstić information content (AvgIpc) is 3.04. The summed E-state index contributed by atoms with van der Waals surface area (Å²) in [4.78, 5) is 24.7. The normalized spacial score (nSPS) is 16.5. The first-order valence-electron chi connectivity index (χ1n) is 10.2. The Balaban J connectivity index is 0.00000153. The van der Waals surface area contributed by atoms with E-state index in [0.29, 0.717) is 23.7 Å². The molecule has 0 N–H and O–H groups in total. The van der Waals surface area contributed by atoms with Crippen molar-refractivity contribution in [2.75, 3.05) is 4.90 Å². The molecule has 0 fully saturated rings. The molecule has 0 saturated heterocycles. The molecule has 0 radical (unpaired) electrons. The van der Waals surface area contributed by atoms with Crippen molar-refractivity contribution in [3.8, 4) is 0 Å². The van der Waals surface area contributed by atoms with Crippen molar-refractivity contribution in [3.05, 3.63) is 119 Å². The van der Waals surface area contributed by atoms with Gasteiger partial charge in [-0.15, -0.1) is 24.8 Å². The number of carbonyl (C=O) groups is 1. The highest BCUT2D eigenvalue weighted by atomic mass is 35.5. The number of halogens is 3. The van der Waals surface area contributed by atoms with Gasteiger partial charge in [0.25, 0.3) is 0 Å². The quantitative estimate of drug-likeness (QED) is 0.321. The van der Waals surface area contributed by atoms with Gasteiger partial charge in [0.15, 0.2) is 0 Å². The third kappa shape index (κ3) is 4.60. The fraction of sp³-hybridized carbons (Fsp3) is 0.115. The van der Waals surface area contributed by atoms with E-state index < -0.39 is 5.41 Å². The van der Waals surface area contributed by atoms with E-state index in [1.165, 1.54) is 0 Å². The summed E-state index contributed by atoms with van der Waals surface area (Å²) in [6, 6.07) is 25.4. The Bertz CT molecular complexity index is 1180. The predicted octanol–water partition coefficient (Wildman–Crippen LogP) is 6.38. The van der Waals surface area contributed by atoms with E-state index >= 15 is 0 Å². The number of hydrogen-bond acceptors (Lipinski definition) is 3. The number of hydrogen-bond donors (Lipinski definition) is 0. The van der Waals surface area contributed by atoms with E-state index in [1.807, 2.05) is 54.6 Å². The molecule has 3 heterocycles. The van der Waals surface area contributed by atoms with Crippen LogP contribution >= 0.6 is 36.4 Å². The second kappa shape index (κ2) is 10.3. The van der Waals surface area contributed by atoms with Gasteiger partial charge in [-0.3, -0.25) is 14.7 Å². The number of benzene rings is 2. The van der Waals surface area contributed by atoms with Crippen molar-refractivity contribution in [2.45, 2.75) is 18.3 Å². The summed E-state index contributed by atoms with van der Waals surface area (Å²) in [7, 11) is 0. The topological polar surface area (TPSA) is 46.1 Å². The zero-order chi connectivity index (χ0) is 21.3. The Morgan fingerprint density at radius 3 is 2.06 bits per heavy atom. The maximum Gasteiger partial charge on any atom is 0.244 e. The molecule has 7 heteroatoms. The first-order chi connectivity index (χ1) is 15.2. The molecule has 1 amide bonds. The molecule has 0 spiro atoms. The van der Waals surface area contributed by atoms with E-state index in [1.54, 1.807) is 35.6 Å². The van der Waals surface area contributed by atoms with Crippen LogP contribution < -0.4 is 4.90 Å². The minimum Gasteiger partial charge on any atom is -0.273 e. The number of amides is 1. The van der Waals surface area contributed by atoms with E-state index in [4.69, 9.17) is 11.6 Å². The molecule has 0 aliphatic carbocycles. The smallest absolute Gasteiger partial charge is 0.244 e. The second-order valence-corrected chi connectivity index (χ2v) is 8.20. The Hall–Kier alpha value is -2.92. The van der Waals surface area contributed by atoms with Crippen LogP contribution in [0.1, 0.15) is 16.7 Å². The van der Waals surface area contributed by atoms with Crippen molar-refractivity contribution in [1.29, 1.82) is 0 Å². The van der Waals surface area contributed by atoms with Gasteiger partial charge in [-0.25, -0.2) is 4.98 Å². The molecule has 1 atom stereocenters. The van der Waals surface area contributed by atoms with Crippen LogP contribution in [0.4, 0.5) is 11.5 Å². The number of rotatable bonds is 5. The summed E-state index contributed by atoms with van der Waals surface area (Å²) in [5.41, 5.74) is 3.10. The largest absolute Gasteiger partial charge is 0.273 e. The van der Waals surface area contributed by atoms with Crippen LogP contribution in [0, 0.1) is 0 Å². The van der Waals surface area contributed by atoms with E-state index in [2.05, 4.69) is 22.1 Å². The van der Waals surface area contributed by atoms with Crippen LogP contribution in [0.5, 0.6) is 0 Å². The lowest BCUT2D eigenvalue weighted by atomic mass is 9.72. The predicted molar refractivity (Wildman–Crippen MR) is 137 cm³/mol. The van der Waals surface area contributed by atoms with Crippen molar-refractivity contribution in [1.82, 2.24) is 9.97 Å². The van der Waals surface area contributed by atoms with Gasteiger partial charge in [-0.1, -0.05) is 48.0 Å². The second-order valence-electron chi connectivity index (χ2n) is 7.77. The van der Waals surface area contributed by atoms with Gasteiger partial charge >= 0.3 is 0 Å². The first-order valence-corrected chi connectivity index (χ1v) is 10.5. The highest BCUT2D eigenvalue weighted by Gasteiger charge is 2.52. The van der Waals surface area contributed by atoms with E-state index in [-0.39, 0.29) is 30.7 Å². The monoisotopic (exact) mass is 497 g/mol. The summed E-state index contributed by atoms with van der Waals surface area (Å²) in [6.07, 6.45) is 6.42. The maximum atomic E-state index is 14.2.